The number of benzene rings is 1. The van der Waals surface area contributed by atoms with Crippen LogP contribution in [0.15, 0.2) is 36.5 Å². The van der Waals surface area contributed by atoms with E-state index < -0.39 is 32.4 Å². The molecule has 0 bridgehead atoms. The predicted octanol–water partition coefficient (Wildman–Crippen LogP) is 1.50. The minimum Gasteiger partial charge on any atom is -0.441 e. The zero-order valence-electron chi connectivity index (χ0n) is 15.0. The van der Waals surface area contributed by atoms with Gasteiger partial charge in [-0.15, -0.1) is 10.2 Å². The summed E-state index contributed by atoms with van der Waals surface area (Å²) in [5.74, 6) is -0.286. The topological polar surface area (TPSA) is 164 Å². The molecule has 1 aromatic carbocycles. The zero-order chi connectivity index (χ0) is 21.3. The Bertz CT molecular complexity index is 1110. The maximum absolute atomic E-state index is 14.7. The molecule has 1 unspecified atom stereocenters. The fraction of sp³-hybridized carbons (Fsp3) is 0.188. The summed E-state index contributed by atoms with van der Waals surface area (Å²) < 4.78 is 34.8. The van der Waals surface area contributed by atoms with Crippen molar-refractivity contribution in [1.29, 1.82) is 0 Å². The van der Waals surface area contributed by atoms with Gasteiger partial charge >= 0.3 is 13.9 Å². The molecule has 2 aromatic heterocycles. The third-order valence-electron chi connectivity index (χ3n) is 4.22. The Morgan fingerprint density at radius 3 is 2.80 bits per heavy atom. The molecule has 1 saturated heterocycles. The van der Waals surface area contributed by atoms with E-state index in [9.17, 15) is 13.8 Å². The normalized spacial score (nSPS) is 16.7. The largest absolute Gasteiger partial charge is 0.469 e. The Labute approximate surface area is 167 Å². The van der Waals surface area contributed by atoms with Crippen molar-refractivity contribution in [3.63, 3.8) is 0 Å². The van der Waals surface area contributed by atoms with E-state index in [1.807, 2.05) is 0 Å². The fourth-order valence-corrected chi connectivity index (χ4v) is 3.22. The van der Waals surface area contributed by atoms with Crippen molar-refractivity contribution in [2.45, 2.75) is 6.10 Å². The van der Waals surface area contributed by atoms with Crippen molar-refractivity contribution in [2.75, 3.05) is 18.1 Å². The first-order valence-corrected chi connectivity index (χ1v) is 10.0. The number of rotatable bonds is 6. The summed E-state index contributed by atoms with van der Waals surface area (Å²) in [5, 5.41) is 13.4. The van der Waals surface area contributed by atoms with Crippen molar-refractivity contribution in [3.05, 3.63) is 42.3 Å². The summed E-state index contributed by atoms with van der Waals surface area (Å²) in [5.41, 5.74) is 1.47. The number of anilines is 1. The Morgan fingerprint density at radius 1 is 1.33 bits per heavy atom. The number of carbonyl (C=O) groups excluding carboxylic acids is 1. The van der Waals surface area contributed by atoms with E-state index in [2.05, 4.69) is 30.1 Å². The summed E-state index contributed by atoms with van der Waals surface area (Å²) in [4.78, 5) is 34.8. The van der Waals surface area contributed by atoms with Gasteiger partial charge in [0.15, 0.2) is 0 Å². The SMILES string of the molecule is O=C1OC(COP(=O)(O)O)CN1c1ccc(-c2ccc(-c3nn[nH]n3)nc2)c(F)c1. The number of pyridine rings is 1. The van der Waals surface area contributed by atoms with Crippen LogP contribution in [0.5, 0.6) is 0 Å². The van der Waals surface area contributed by atoms with Gasteiger partial charge in [-0.05, 0) is 29.5 Å². The van der Waals surface area contributed by atoms with Gasteiger partial charge < -0.3 is 14.5 Å². The van der Waals surface area contributed by atoms with Crippen LogP contribution in [0.1, 0.15) is 0 Å². The number of H-pyrrole nitrogens is 1. The van der Waals surface area contributed by atoms with Gasteiger partial charge in [0, 0.05) is 17.3 Å². The maximum Gasteiger partial charge on any atom is 0.469 e. The molecule has 1 fully saturated rings. The molecule has 1 amide bonds. The Morgan fingerprint density at radius 2 is 2.17 bits per heavy atom. The number of tetrazole rings is 1. The van der Waals surface area contributed by atoms with Crippen LogP contribution in [0, 0.1) is 5.82 Å². The highest BCUT2D eigenvalue weighted by atomic mass is 31.2. The lowest BCUT2D eigenvalue weighted by molar-refractivity contribution is 0.0880. The number of carbonyl (C=O) groups is 1. The molecule has 12 nitrogen and oxygen atoms in total. The molecule has 3 aromatic rings. The molecule has 1 atom stereocenters. The second kappa shape index (κ2) is 7.88. The highest BCUT2D eigenvalue weighted by molar-refractivity contribution is 7.46. The molecular weight excluding hydrogens is 422 g/mol. The number of hydrogen-bond acceptors (Lipinski definition) is 8. The van der Waals surface area contributed by atoms with E-state index in [1.54, 1.807) is 12.1 Å². The van der Waals surface area contributed by atoms with Gasteiger partial charge in [0.25, 0.3) is 0 Å². The first-order chi connectivity index (χ1) is 14.3. The second-order valence-corrected chi connectivity index (χ2v) is 7.47. The van der Waals surface area contributed by atoms with Crippen LogP contribution in [-0.2, 0) is 13.8 Å². The molecule has 1 aliphatic rings. The third-order valence-corrected chi connectivity index (χ3v) is 4.70. The molecule has 30 heavy (non-hydrogen) atoms. The summed E-state index contributed by atoms with van der Waals surface area (Å²) in [7, 11) is -4.69. The zero-order valence-corrected chi connectivity index (χ0v) is 15.9. The summed E-state index contributed by atoms with van der Waals surface area (Å²) in [6.45, 7) is -0.524. The van der Waals surface area contributed by atoms with Gasteiger partial charge in [0.2, 0.25) is 5.82 Å². The van der Waals surface area contributed by atoms with Gasteiger partial charge in [-0.3, -0.25) is 14.4 Å². The molecule has 1 aliphatic heterocycles. The van der Waals surface area contributed by atoms with Crippen LogP contribution in [0.25, 0.3) is 22.6 Å². The van der Waals surface area contributed by atoms with Gasteiger partial charge in [-0.1, -0.05) is 6.07 Å². The van der Waals surface area contributed by atoms with E-state index in [0.717, 1.165) is 11.0 Å². The van der Waals surface area contributed by atoms with E-state index in [0.29, 0.717) is 17.1 Å². The smallest absolute Gasteiger partial charge is 0.441 e. The summed E-state index contributed by atoms with van der Waals surface area (Å²) >= 11 is 0. The molecule has 0 saturated carbocycles. The van der Waals surface area contributed by atoms with E-state index >= 15 is 0 Å². The maximum atomic E-state index is 14.7. The number of aromatic amines is 1. The first-order valence-electron chi connectivity index (χ1n) is 8.48. The number of cyclic esters (lactones) is 1. The van der Waals surface area contributed by atoms with Gasteiger partial charge in [-0.2, -0.15) is 5.21 Å². The lowest BCUT2D eigenvalue weighted by Gasteiger charge is -2.14. The van der Waals surface area contributed by atoms with E-state index in [1.165, 1.54) is 18.3 Å². The molecule has 0 spiro atoms. The molecule has 3 heterocycles. The summed E-state index contributed by atoms with van der Waals surface area (Å²) in [6, 6.07) is 7.45. The Balaban J connectivity index is 1.49. The average Bonchev–Trinajstić information content (AvgIpc) is 3.36. The van der Waals surface area contributed by atoms with Crippen molar-refractivity contribution >= 4 is 19.6 Å². The third kappa shape index (κ3) is 4.33. The molecule has 0 radical (unpaired) electrons. The molecular formula is C16H14FN6O6P. The van der Waals surface area contributed by atoms with Gasteiger partial charge in [0.05, 0.1) is 18.8 Å². The standard InChI is InChI=1S/C16H14FN6O6P/c17-13-5-10(23-7-11(29-16(23)24)8-28-30(25,26)27)2-3-12(13)9-1-4-14(18-6-9)15-19-21-22-20-15/h1-6,11H,7-8H2,(H2,25,26,27)(H,19,20,21,22). The number of hydrogen-bond donors (Lipinski definition) is 3. The van der Waals surface area contributed by atoms with E-state index in [4.69, 9.17) is 14.5 Å². The average molecular weight is 436 g/mol. The molecule has 156 valence electrons. The van der Waals surface area contributed by atoms with Crippen LogP contribution >= 0.6 is 7.82 Å². The number of nitrogens with one attached hydrogen (secondary N) is 1. The van der Waals surface area contributed by atoms with Crippen molar-refractivity contribution in [3.8, 4) is 22.6 Å². The molecule has 4 rings (SSSR count). The summed E-state index contributed by atoms with van der Waals surface area (Å²) in [6.07, 6.45) is -0.203. The number of phosphoric acid groups is 1. The van der Waals surface area contributed by atoms with Crippen LogP contribution in [-0.4, -0.2) is 60.7 Å². The van der Waals surface area contributed by atoms with Gasteiger partial charge in [-0.25, -0.2) is 13.8 Å². The predicted molar refractivity (Wildman–Crippen MR) is 98.4 cm³/mol. The van der Waals surface area contributed by atoms with Crippen LogP contribution < -0.4 is 4.90 Å². The number of nitrogens with zero attached hydrogens (tertiary/aromatic N) is 5. The number of aromatic nitrogens is 5. The monoisotopic (exact) mass is 436 g/mol. The molecule has 0 aliphatic carbocycles. The number of halogens is 1. The Kier molecular flexibility index (Phi) is 5.26. The number of ether oxygens (including phenoxy) is 1. The highest BCUT2D eigenvalue weighted by Crippen LogP contribution is 2.37. The van der Waals surface area contributed by atoms with Crippen LogP contribution in [0.3, 0.4) is 0 Å². The first kappa shape index (κ1) is 20.0. The minimum absolute atomic E-state index is 0.0431. The number of amides is 1. The number of phosphoric ester groups is 1. The van der Waals surface area contributed by atoms with Crippen molar-refractivity contribution in [2.24, 2.45) is 0 Å². The molecule has 3 N–H and O–H groups in total. The Hall–Kier alpha value is -3.25. The quantitative estimate of drug-likeness (QED) is 0.482. The van der Waals surface area contributed by atoms with Crippen molar-refractivity contribution < 1.29 is 32.8 Å². The van der Waals surface area contributed by atoms with Crippen LogP contribution in [0.4, 0.5) is 14.9 Å². The van der Waals surface area contributed by atoms with E-state index in [-0.39, 0.29) is 17.8 Å². The van der Waals surface area contributed by atoms with Gasteiger partial charge in [0.1, 0.15) is 17.6 Å². The van der Waals surface area contributed by atoms with Crippen molar-refractivity contribution in [1.82, 2.24) is 25.6 Å². The second-order valence-electron chi connectivity index (χ2n) is 6.23. The lowest BCUT2D eigenvalue weighted by atomic mass is 10.1. The fourth-order valence-electron chi connectivity index (χ4n) is 2.86. The minimum atomic E-state index is -4.69. The van der Waals surface area contributed by atoms with Crippen LogP contribution in [0.2, 0.25) is 0 Å². The highest BCUT2D eigenvalue weighted by Gasteiger charge is 2.34. The lowest BCUT2D eigenvalue weighted by Crippen LogP contribution is -2.25. The molecule has 14 heteroatoms.